The molecule has 2 aromatic heterocycles. The molecule has 0 unspecified atom stereocenters. The third-order valence-electron chi connectivity index (χ3n) is 10.9. The molecule has 1 aliphatic rings. The summed E-state index contributed by atoms with van der Waals surface area (Å²) in [5.74, 6) is -0.473. The minimum Gasteiger partial charge on any atom is -0.506 e. The minimum absolute atomic E-state index is 0.0612. The van der Waals surface area contributed by atoms with Crippen molar-refractivity contribution in [2.45, 2.75) is 6.61 Å². The van der Waals surface area contributed by atoms with Crippen LogP contribution in [0.15, 0.2) is 171 Å². The lowest BCUT2D eigenvalue weighted by atomic mass is 10.0. The zero-order valence-corrected chi connectivity index (χ0v) is 31.4. The number of carbonyl (C=O) groups excluding carboxylic acids is 1. The number of phenols is 2. The summed E-state index contributed by atoms with van der Waals surface area (Å²) in [6.07, 6.45) is 0. The van der Waals surface area contributed by atoms with E-state index in [4.69, 9.17) is 9.82 Å². The van der Waals surface area contributed by atoms with Crippen LogP contribution in [0.4, 0.5) is 28.4 Å². The topological polar surface area (TPSA) is 163 Å². The van der Waals surface area contributed by atoms with Gasteiger partial charge in [-0.15, -0.1) is 10.2 Å². The number of imidazole rings is 1. The molecule has 0 saturated heterocycles. The van der Waals surface area contributed by atoms with Gasteiger partial charge in [-0.3, -0.25) is 24.3 Å². The van der Waals surface area contributed by atoms with Gasteiger partial charge in [0.15, 0.2) is 5.78 Å². The molecule has 12 nitrogen and oxygen atoms in total. The van der Waals surface area contributed by atoms with Crippen molar-refractivity contribution < 1.29 is 19.8 Å². The fourth-order valence-electron chi connectivity index (χ4n) is 8.13. The fourth-order valence-corrected chi connectivity index (χ4v) is 8.13. The number of hydrogen-bond acceptors (Lipinski definition) is 11. The minimum atomic E-state index is -0.290. The number of nitrogens with zero attached hydrogens (tertiary/aromatic N) is 6. The number of hydrogen-bond donors (Lipinski definition) is 3. The molecule has 10 aromatic rings. The third kappa shape index (κ3) is 5.54. The van der Waals surface area contributed by atoms with Crippen LogP contribution in [0.3, 0.4) is 0 Å². The van der Waals surface area contributed by atoms with E-state index in [0.717, 1.165) is 27.6 Å². The number of aromatic nitrogens is 2. The Morgan fingerprint density at radius 2 is 1.27 bits per heavy atom. The Labute approximate surface area is 339 Å². The van der Waals surface area contributed by atoms with Crippen LogP contribution >= 0.6 is 0 Å². The maximum atomic E-state index is 13.9. The number of nitrogens with one attached hydrogen (secondary N) is 1. The summed E-state index contributed by atoms with van der Waals surface area (Å²) < 4.78 is 1.58. The van der Waals surface area contributed by atoms with Gasteiger partial charge in [-0.1, -0.05) is 84.9 Å². The first-order chi connectivity index (χ1) is 29.4. The van der Waals surface area contributed by atoms with Gasteiger partial charge in [0, 0.05) is 38.2 Å². The summed E-state index contributed by atoms with van der Waals surface area (Å²) in [7, 11) is 0. The van der Waals surface area contributed by atoms with Gasteiger partial charge in [0.05, 0.1) is 33.5 Å². The number of phenolic OH excluding ortho intramolecular Hbond substituents is 2. The van der Waals surface area contributed by atoms with Gasteiger partial charge in [-0.05, 0) is 77.2 Å². The van der Waals surface area contributed by atoms with Crippen LogP contribution in [0.1, 0.15) is 21.5 Å². The van der Waals surface area contributed by atoms with E-state index in [1.807, 2.05) is 109 Å². The average Bonchev–Trinajstić information content (AvgIpc) is 3.80. The van der Waals surface area contributed by atoms with Gasteiger partial charge >= 0.3 is 0 Å². The van der Waals surface area contributed by atoms with Crippen LogP contribution < -0.4 is 11.0 Å². The molecule has 0 aliphatic heterocycles. The number of carbonyl (C=O) groups is 1. The van der Waals surface area contributed by atoms with Crippen LogP contribution in [0.5, 0.6) is 11.5 Å². The first-order valence-corrected chi connectivity index (χ1v) is 19.1. The van der Waals surface area contributed by atoms with Gasteiger partial charge < -0.3 is 10.2 Å². The summed E-state index contributed by atoms with van der Waals surface area (Å²) >= 11 is 0. The molecule has 286 valence electrons. The molecular weight excluding hydrogens is 755 g/mol. The maximum Gasteiger partial charge on any atom is 0.264 e. The molecule has 1 aliphatic carbocycles. The number of benzene rings is 8. The first-order valence-electron chi connectivity index (χ1n) is 19.1. The van der Waals surface area contributed by atoms with Crippen molar-refractivity contribution in [1.29, 1.82) is 0 Å². The molecule has 0 amide bonds. The van der Waals surface area contributed by atoms with Crippen LogP contribution in [0.2, 0.25) is 0 Å². The van der Waals surface area contributed by atoms with E-state index in [-0.39, 0.29) is 40.8 Å². The average molecular weight is 784 g/mol. The second kappa shape index (κ2) is 13.6. The van der Waals surface area contributed by atoms with Crippen molar-refractivity contribution >= 4 is 83.2 Å². The van der Waals surface area contributed by atoms with E-state index < -0.39 is 0 Å². The number of fused-ring (bicyclic) bond motifs is 8. The molecule has 0 bridgehead atoms. The number of ketones is 1. The van der Waals surface area contributed by atoms with Crippen molar-refractivity contribution in [2.75, 3.05) is 5.48 Å². The van der Waals surface area contributed by atoms with Gasteiger partial charge in [0.25, 0.3) is 5.56 Å². The number of azo groups is 2. The molecule has 2 heterocycles. The number of para-hydroxylation sites is 3. The van der Waals surface area contributed by atoms with Crippen molar-refractivity contribution in [3.8, 4) is 22.6 Å². The van der Waals surface area contributed by atoms with Gasteiger partial charge in [-0.2, -0.15) is 10.2 Å². The number of pyridine rings is 1. The summed E-state index contributed by atoms with van der Waals surface area (Å²) in [5, 5.41) is 44.3. The van der Waals surface area contributed by atoms with Crippen molar-refractivity contribution in [3.63, 3.8) is 0 Å². The SMILES string of the molecule is O=C1c2cc(N=Nc3c(O)c(CONc4ccccc4)cc4ccccc34)ccc2-c2ccc(N=Nc3c(O)cc4c(=O)n5c6ccccc6nc5c5cccc3c45)cc21. The number of aromatic hydroxyl groups is 2. The lowest BCUT2D eigenvalue weighted by molar-refractivity contribution is 0.104. The Kier molecular flexibility index (Phi) is 7.93. The van der Waals surface area contributed by atoms with Crippen LogP contribution in [-0.2, 0) is 11.4 Å². The highest BCUT2D eigenvalue weighted by molar-refractivity contribution is 6.22. The normalized spacial score (nSPS) is 12.6. The lowest BCUT2D eigenvalue weighted by Crippen LogP contribution is -2.13. The number of anilines is 1. The molecule has 0 atom stereocenters. The van der Waals surface area contributed by atoms with E-state index in [9.17, 15) is 19.8 Å². The zero-order chi connectivity index (χ0) is 40.5. The van der Waals surface area contributed by atoms with Gasteiger partial charge in [0.1, 0.15) is 35.1 Å². The summed E-state index contributed by atoms with van der Waals surface area (Å²) in [5.41, 5.74) is 9.49. The zero-order valence-electron chi connectivity index (χ0n) is 31.4. The number of rotatable bonds is 8. The Balaban J connectivity index is 0.889. The molecule has 12 heteroatoms. The van der Waals surface area contributed by atoms with Crippen molar-refractivity contribution in [3.05, 3.63) is 173 Å². The van der Waals surface area contributed by atoms with E-state index in [2.05, 4.69) is 25.9 Å². The molecule has 0 fully saturated rings. The van der Waals surface area contributed by atoms with Gasteiger partial charge in [-0.25, -0.2) is 4.98 Å². The van der Waals surface area contributed by atoms with E-state index >= 15 is 0 Å². The van der Waals surface area contributed by atoms with E-state index in [1.54, 1.807) is 34.7 Å². The Morgan fingerprint density at radius 1 is 0.600 bits per heavy atom. The first kappa shape index (κ1) is 34.9. The quantitative estimate of drug-likeness (QED) is 0.102. The predicted octanol–water partition coefficient (Wildman–Crippen LogP) is 11.7. The molecule has 3 N–H and O–H groups in total. The molecule has 11 rings (SSSR count). The molecule has 8 aromatic carbocycles. The monoisotopic (exact) mass is 783 g/mol. The van der Waals surface area contributed by atoms with E-state index in [0.29, 0.717) is 66.3 Å². The predicted molar refractivity (Wildman–Crippen MR) is 231 cm³/mol. The Hall–Kier alpha value is -8.35. The summed E-state index contributed by atoms with van der Waals surface area (Å²) in [4.78, 5) is 38.1. The molecule has 0 radical (unpaired) electrons. The van der Waals surface area contributed by atoms with Crippen LogP contribution in [0.25, 0.3) is 60.1 Å². The smallest absolute Gasteiger partial charge is 0.264 e. The van der Waals surface area contributed by atoms with Gasteiger partial charge in [0.2, 0.25) is 0 Å². The summed E-state index contributed by atoms with van der Waals surface area (Å²) in [6.45, 7) is 0.0673. The molecular formula is C48H29N7O5. The second-order valence-corrected chi connectivity index (χ2v) is 14.5. The second-order valence-electron chi connectivity index (χ2n) is 14.5. The molecule has 60 heavy (non-hydrogen) atoms. The highest BCUT2D eigenvalue weighted by atomic mass is 16.6. The molecule has 0 saturated carbocycles. The maximum absolute atomic E-state index is 13.9. The third-order valence-corrected chi connectivity index (χ3v) is 10.9. The van der Waals surface area contributed by atoms with Crippen molar-refractivity contribution in [1.82, 2.24) is 9.38 Å². The largest absolute Gasteiger partial charge is 0.506 e. The van der Waals surface area contributed by atoms with Crippen LogP contribution in [-0.4, -0.2) is 25.4 Å². The molecule has 0 spiro atoms. The van der Waals surface area contributed by atoms with E-state index in [1.165, 1.54) is 6.07 Å². The standard InChI is InChI=1S/C48H29N7O5/c56-41-24-38-42-34(13-8-14-35(42)47-49-39-15-6-7-16-40(39)55(47)48(38)59)43(41)52-50-29-17-19-32-33-20-18-30(23-37(33)46(58)36(32)22-29)51-53-44-31-12-5-4-9-26(31)21-27(45(44)57)25-60-54-28-10-2-1-3-11-28/h1-24,54,56-57H,25H2. The lowest BCUT2D eigenvalue weighted by Gasteiger charge is -2.12. The highest BCUT2D eigenvalue weighted by Gasteiger charge is 2.28. The Morgan fingerprint density at radius 3 is 2.05 bits per heavy atom. The van der Waals surface area contributed by atoms with Crippen LogP contribution in [0, 0.1) is 0 Å². The highest BCUT2D eigenvalue weighted by Crippen LogP contribution is 2.44. The fraction of sp³-hybridized carbons (Fsp3) is 0.0208. The Bertz CT molecular complexity index is 3550. The summed E-state index contributed by atoms with van der Waals surface area (Å²) in [6, 6.07) is 43.8. The van der Waals surface area contributed by atoms with Crippen molar-refractivity contribution in [2.24, 2.45) is 20.5 Å².